The van der Waals surface area contributed by atoms with E-state index in [-0.39, 0.29) is 64.3 Å². The molecule has 1 N–H and O–H groups in total. The van der Waals surface area contributed by atoms with Gasteiger partial charge < -0.3 is 4.74 Å². The van der Waals surface area contributed by atoms with Gasteiger partial charge >= 0.3 is 27.5 Å². The molecule has 228 valence electrons. The molecule has 0 radical (unpaired) electrons. The first-order valence-electron chi connectivity index (χ1n) is 13.9. The molecule has 0 aliphatic heterocycles. The quantitative estimate of drug-likeness (QED) is 0.224. The fourth-order valence-electron chi connectivity index (χ4n) is 8.90. The smallest absolute Gasteiger partial charge is 0.432 e. The molecule has 9 atom stereocenters. The standard InChI is InChI=1S/C27H37F5O7S/c1-14(4-7-21(35)39-23(26(28,29)30)27(31,32)40(36,37)38)17-5-6-18-22-19(9-11-25(17,18)3)24(2)10-8-16(33)12-15(24)13-20(22)34/h14-15,17-19,22-23H,4-13H2,1-3H3,(H,36,37,38)/t14?,15-,17+,18-,19-,22-,23?,24-,25+/m0/s1. The summed E-state index contributed by atoms with van der Waals surface area (Å²) in [4.78, 5) is 37.7. The average molecular weight is 601 g/mol. The van der Waals surface area contributed by atoms with E-state index in [0.29, 0.717) is 19.3 Å². The topological polar surface area (TPSA) is 115 Å². The second-order valence-corrected chi connectivity index (χ2v) is 14.5. The van der Waals surface area contributed by atoms with E-state index >= 15 is 0 Å². The van der Waals surface area contributed by atoms with Gasteiger partial charge in [-0.3, -0.25) is 18.9 Å². The van der Waals surface area contributed by atoms with E-state index in [9.17, 15) is 44.8 Å². The number of fused-ring (bicyclic) bond motifs is 5. The first kappa shape index (κ1) is 31.3. The number of hydrogen-bond donors (Lipinski definition) is 1. The van der Waals surface area contributed by atoms with Crippen LogP contribution in [0.4, 0.5) is 22.0 Å². The molecule has 2 unspecified atom stereocenters. The van der Waals surface area contributed by atoms with Crippen LogP contribution in [0.1, 0.15) is 85.0 Å². The van der Waals surface area contributed by atoms with E-state index in [1.165, 1.54) is 0 Å². The predicted octanol–water partition coefficient (Wildman–Crippen LogP) is 5.76. The zero-order chi connectivity index (χ0) is 30.1. The van der Waals surface area contributed by atoms with E-state index < -0.39 is 40.0 Å². The first-order chi connectivity index (χ1) is 18.2. The highest BCUT2D eigenvalue weighted by Crippen LogP contribution is 2.67. The number of alkyl halides is 5. The number of carbonyl (C=O) groups is 3. The van der Waals surface area contributed by atoms with Crippen LogP contribution in [0.5, 0.6) is 0 Å². The van der Waals surface area contributed by atoms with Crippen molar-refractivity contribution in [3.63, 3.8) is 0 Å². The zero-order valence-corrected chi connectivity index (χ0v) is 23.6. The monoisotopic (exact) mass is 600 g/mol. The molecule has 13 heteroatoms. The van der Waals surface area contributed by atoms with E-state index in [2.05, 4.69) is 18.6 Å². The maximum atomic E-state index is 13.8. The fraction of sp³-hybridized carbons (Fsp3) is 0.889. The molecule has 0 saturated heterocycles. The number of ketones is 2. The summed E-state index contributed by atoms with van der Waals surface area (Å²) in [6.07, 6.45) is -5.52. The Balaban J connectivity index is 1.43. The van der Waals surface area contributed by atoms with E-state index in [1.54, 1.807) is 0 Å². The Morgan fingerprint density at radius 2 is 1.65 bits per heavy atom. The molecule has 4 aliphatic rings. The fourth-order valence-corrected chi connectivity index (χ4v) is 9.35. The Morgan fingerprint density at radius 1 is 1.02 bits per heavy atom. The third-order valence-corrected chi connectivity index (χ3v) is 11.9. The summed E-state index contributed by atoms with van der Waals surface area (Å²) in [6.45, 7) is 6.18. The SMILES string of the molecule is CC(CCC(=O)OC(C(F)(F)F)C(F)(F)S(=O)(=O)O)[C@H]1CC[C@H]2[C@@H]3C(=O)C[C@@H]4CC(=O)CC[C@]4(C)[C@H]3CC[C@]12C. The minimum atomic E-state index is -6.50. The first-order valence-corrected chi connectivity index (χ1v) is 15.3. The highest BCUT2D eigenvalue weighted by atomic mass is 32.2. The highest BCUT2D eigenvalue weighted by molar-refractivity contribution is 7.86. The number of hydrogen-bond acceptors (Lipinski definition) is 6. The molecular formula is C27H37F5O7S. The minimum absolute atomic E-state index is 0.0256. The minimum Gasteiger partial charge on any atom is -0.445 e. The Labute approximate surface area is 230 Å². The molecule has 4 saturated carbocycles. The number of ether oxygens (including phenoxy) is 1. The lowest BCUT2D eigenvalue weighted by Crippen LogP contribution is -2.57. The normalized spacial score (nSPS) is 38.2. The Bertz CT molecular complexity index is 1150. The van der Waals surface area contributed by atoms with Crippen LogP contribution in [0, 0.1) is 46.3 Å². The van der Waals surface area contributed by atoms with Crippen molar-refractivity contribution in [3.05, 3.63) is 0 Å². The second-order valence-electron chi connectivity index (χ2n) is 13.0. The third kappa shape index (κ3) is 5.22. The van der Waals surface area contributed by atoms with Gasteiger partial charge in [0.2, 0.25) is 0 Å². The van der Waals surface area contributed by atoms with Crippen molar-refractivity contribution in [2.45, 2.75) is 103 Å². The van der Waals surface area contributed by atoms with Gasteiger partial charge in [-0.05, 0) is 78.9 Å². The van der Waals surface area contributed by atoms with Crippen molar-refractivity contribution >= 4 is 27.7 Å². The van der Waals surface area contributed by atoms with Crippen LogP contribution < -0.4 is 0 Å². The van der Waals surface area contributed by atoms with Gasteiger partial charge in [0.1, 0.15) is 11.6 Å². The highest BCUT2D eigenvalue weighted by Gasteiger charge is 2.66. The van der Waals surface area contributed by atoms with Crippen LogP contribution in [-0.2, 0) is 29.2 Å². The average Bonchev–Trinajstić information content (AvgIpc) is 3.17. The van der Waals surface area contributed by atoms with E-state index in [4.69, 9.17) is 4.55 Å². The lowest BCUT2D eigenvalue weighted by molar-refractivity contribution is -0.259. The summed E-state index contributed by atoms with van der Waals surface area (Å²) in [5, 5.41) is -5.76. The van der Waals surface area contributed by atoms with Gasteiger partial charge in [0.15, 0.2) is 0 Å². The van der Waals surface area contributed by atoms with E-state index in [1.807, 2.05) is 6.92 Å². The summed E-state index contributed by atoms with van der Waals surface area (Å²) in [5.41, 5.74) is -0.319. The molecule has 0 aromatic heterocycles. The van der Waals surface area contributed by atoms with E-state index in [0.717, 1.165) is 32.1 Å². The van der Waals surface area contributed by atoms with Crippen molar-refractivity contribution in [1.82, 2.24) is 0 Å². The van der Waals surface area contributed by atoms with Gasteiger partial charge in [0.25, 0.3) is 6.10 Å². The maximum absolute atomic E-state index is 13.8. The predicted molar refractivity (Wildman–Crippen MR) is 131 cm³/mol. The lowest BCUT2D eigenvalue weighted by atomic mass is 9.44. The molecule has 4 aliphatic carbocycles. The number of carbonyl (C=O) groups excluding carboxylic acids is 3. The maximum Gasteiger partial charge on any atom is 0.432 e. The molecule has 4 fully saturated rings. The van der Waals surface area contributed by atoms with Crippen LogP contribution in [0.3, 0.4) is 0 Å². The van der Waals surface area contributed by atoms with Crippen molar-refractivity contribution in [2.24, 2.45) is 46.3 Å². The zero-order valence-electron chi connectivity index (χ0n) is 22.8. The van der Waals surface area contributed by atoms with Crippen molar-refractivity contribution in [2.75, 3.05) is 0 Å². The number of Topliss-reactive ketones (excluding diaryl/α,β-unsaturated/α-hetero) is 2. The summed E-state index contributed by atoms with van der Waals surface area (Å²) in [6, 6.07) is 0. The molecule has 40 heavy (non-hydrogen) atoms. The number of esters is 1. The molecule has 0 amide bonds. The van der Waals surface area contributed by atoms with Gasteiger partial charge in [-0.2, -0.15) is 30.4 Å². The Kier molecular flexibility index (Phi) is 8.04. The van der Waals surface area contributed by atoms with Crippen molar-refractivity contribution in [3.8, 4) is 0 Å². The molecule has 0 bridgehead atoms. The Hall–Kier alpha value is -1.63. The van der Waals surface area contributed by atoms with Crippen LogP contribution in [0.15, 0.2) is 0 Å². The van der Waals surface area contributed by atoms with Gasteiger partial charge in [-0.25, -0.2) is 0 Å². The molecule has 0 spiro atoms. The van der Waals surface area contributed by atoms with Gasteiger partial charge in [0.05, 0.1) is 0 Å². The van der Waals surface area contributed by atoms with Crippen molar-refractivity contribution in [1.29, 1.82) is 0 Å². The van der Waals surface area contributed by atoms with Gasteiger partial charge in [0, 0.05) is 31.6 Å². The third-order valence-electron chi connectivity index (χ3n) is 11.0. The molecule has 4 rings (SSSR count). The summed E-state index contributed by atoms with van der Waals surface area (Å²) in [7, 11) is -6.50. The van der Waals surface area contributed by atoms with Crippen molar-refractivity contribution < 1.29 is 54.0 Å². The molecule has 0 aromatic rings. The van der Waals surface area contributed by atoms with Crippen LogP contribution in [-0.4, -0.2) is 48.0 Å². The molecule has 7 nitrogen and oxygen atoms in total. The summed E-state index contributed by atoms with van der Waals surface area (Å²) < 4.78 is 101. The van der Waals surface area contributed by atoms with Crippen LogP contribution in [0.2, 0.25) is 0 Å². The van der Waals surface area contributed by atoms with Gasteiger partial charge in [-0.15, -0.1) is 0 Å². The number of halogens is 5. The largest absolute Gasteiger partial charge is 0.445 e. The van der Waals surface area contributed by atoms with Crippen LogP contribution in [0.25, 0.3) is 0 Å². The second kappa shape index (κ2) is 10.3. The van der Waals surface area contributed by atoms with Crippen LogP contribution >= 0.6 is 0 Å². The van der Waals surface area contributed by atoms with Gasteiger partial charge in [-0.1, -0.05) is 20.8 Å². The Morgan fingerprint density at radius 3 is 2.25 bits per heavy atom. The number of rotatable bonds is 7. The summed E-state index contributed by atoms with van der Waals surface area (Å²) >= 11 is 0. The summed E-state index contributed by atoms with van der Waals surface area (Å²) in [5.74, 6) is -1.15. The lowest BCUT2D eigenvalue weighted by Gasteiger charge is -2.59. The molecule has 0 heterocycles. The molecule has 0 aromatic carbocycles. The molecular weight excluding hydrogens is 563 g/mol.